The largest absolute Gasteiger partial charge is 0.493 e. The number of rotatable bonds is 2. The number of benzene rings is 1. The molecule has 104 valence electrons. The smallest absolute Gasteiger partial charge is 0.124 e. The van der Waals surface area contributed by atoms with Crippen molar-refractivity contribution in [2.24, 2.45) is 11.7 Å². The van der Waals surface area contributed by atoms with E-state index < -0.39 is 0 Å². The van der Waals surface area contributed by atoms with Crippen molar-refractivity contribution in [2.75, 3.05) is 6.61 Å². The van der Waals surface area contributed by atoms with Gasteiger partial charge in [0.15, 0.2) is 0 Å². The maximum absolute atomic E-state index is 5.99. The third-order valence-corrected chi connectivity index (χ3v) is 4.51. The molecule has 1 aliphatic heterocycles. The Morgan fingerprint density at radius 1 is 1.16 bits per heavy atom. The maximum Gasteiger partial charge on any atom is 0.124 e. The lowest BCUT2D eigenvalue weighted by Crippen LogP contribution is -2.43. The van der Waals surface area contributed by atoms with Crippen LogP contribution in [0.4, 0.5) is 0 Å². The Hall–Kier alpha value is -1.06. The van der Waals surface area contributed by atoms with Gasteiger partial charge in [0.05, 0.1) is 6.61 Å². The molecule has 0 saturated heterocycles. The van der Waals surface area contributed by atoms with Gasteiger partial charge in [0.1, 0.15) is 5.75 Å². The molecule has 0 spiro atoms. The predicted molar refractivity (Wildman–Crippen MR) is 77.2 cm³/mol. The molecule has 0 amide bonds. The second-order valence-electron chi connectivity index (χ2n) is 6.08. The molecule has 0 aromatic heterocycles. The summed E-state index contributed by atoms with van der Waals surface area (Å²) in [7, 11) is 0. The summed E-state index contributed by atoms with van der Waals surface area (Å²) in [5, 5.41) is 3.85. The molecule has 3 N–H and O–H groups in total. The second kappa shape index (κ2) is 5.51. The Balaban J connectivity index is 1.73. The number of hydrogen-bond acceptors (Lipinski definition) is 3. The monoisotopic (exact) mass is 260 g/mol. The summed E-state index contributed by atoms with van der Waals surface area (Å²) in [5.41, 5.74) is 7.30. The molecule has 1 heterocycles. The normalized spacial score (nSPS) is 34.4. The van der Waals surface area contributed by atoms with Crippen molar-refractivity contribution in [1.29, 1.82) is 0 Å². The lowest BCUT2D eigenvalue weighted by Gasteiger charge is -2.37. The van der Waals surface area contributed by atoms with Gasteiger partial charge in [-0.3, -0.25) is 0 Å². The predicted octanol–water partition coefficient (Wildman–Crippen LogP) is 2.62. The van der Waals surface area contributed by atoms with Gasteiger partial charge in [-0.2, -0.15) is 0 Å². The average Bonchev–Trinajstić information content (AvgIpc) is 2.44. The van der Waals surface area contributed by atoms with Gasteiger partial charge in [-0.25, -0.2) is 0 Å². The van der Waals surface area contributed by atoms with Crippen LogP contribution in [0.3, 0.4) is 0 Å². The summed E-state index contributed by atoms with van der Waals surface area (Å²) in [6.07, 6.45) is 4.70. The minimum absolute atomic E-state index is 0.414. The second-order valence-corrected chi connectivity index (χ2v) is 6.08. The molecular weight excluding hydrogens is 236 g/mol. The SMILES string of the molecule is CC1COc2ccccc2C1NC1CCC(N)CC1. The highest BCUT2D eigenvalue weighted by Crippen LogP contribution is 2.36. The fourth-order valence-electron chi connectivity index (χ4n) is 3.29. The molecular formula is C16H24N2O. The van der Waals surface area contributed by atoms with Crippen LogP contribution in [0.25, 0.3) is 0 Å². The van der Waals surface area contributed by atoms with Crippen LogP contribution >= 0.6 is 0 Å². The van der Waals surface area contributed by atoms with Gasteiger partial charge in [-0.1, -0.05) is 25.1 Å². The maximum atomic E-state index is 5.99. The van der Waals surface area contributed by atoms with E-state index >= 15 is 0 Å². The van der Waals surface area contributed by atoms with Crippen molar-refractivity contribution < 1.29 is 4.74 Å². The third-order valence-electron chi connectivity index (χ3n) is 4.51. The number of hydrogen-bond donors (Lipinski definition) is 2. The first kappa shape index (κ1) is 12.9. The van der Waals surface area contributed by atoms with Crippen LogP contribution in [0, 0.1) is 5.92 Å². The zero-order chi connectivity index (χ0) is 13.2. The van der Waals surface area contributed by atoms with Crippen LogP contribution in [0.5, 0.6) is 5.75 Å². The van der Waals surface area contributed by atoms with Crippen LogP contribution in [0.2, 0.25) is 0 Å². The fourth-order valence-corrected chi connectivity index (χ4v) is 3.29. The number of nitrogens with two attached hydrogens (primary N) is 1. The van der Waals surface area contributed by atoms with Gasteiger partial charge in [0, 0.05) is 29.6 Å². The summed E-state index contributed by atoms with van der Waals surface area (Å²) in [5.74, 6) is 1.57. The summed E-state index contributed by atoms with van der Waals surface area (Å²) in [6, 6.07) is 9.86. The van der Waals surface area contributed by atoms with Crippen LogP contribution in [0.15, 0.2) is 24.3 Å². The molecule has 1 aromatic rings. The quantitative estimate of drug-likeness (QED) is 0.859. The standard InChI is InChI=1S/C16H24N2O/c1-11-10-19-15-5-3-2-4-14(15)16(11)18-13-8-6-12(17)7-9-13/h2-5,11-13,16,18H,6-10,17H2,1H3. The lowest BCUT2D eigenvalue weighted by molar-refractivity contribution is 0.171. The van der Waals surface area contributed by atoms with E-state index in [-0.39, 0.29) is 0 Å². The Morgan fingerprint density at radius 3 is 2.68 bits per heavy atom. The van der Waals surface area contributed by atoms with Crippen molar-refractivity contribution in [3.05, 3.63) is 29.8 Å². The molecule has 2 aliphatic rings. The first-order chi connectivity index (χ1) is 9.24. The summed E-state index contributed by atoms with van der Waals surface area (Å²) in [4.78, 5) is 0. The molecule has 3 heteroatoms. The first-order valence-electron chi connectivity index (χ1n) is 7.47. The molecule has 0 radical (unpaired) electrons. The minimum Gasteiger partial charge on any atom is -0.493 e. The van der Waals surface area contributed by atoms with Crippen LogP contribution < -0.4 is 15.8 Å². The van der Waals surface area contributed by atoms with Crippen molar-refractivity contribution in [3.63, 3.8) is 0 Å². The molecule has 2 atom stereocenters. The van der Waals surface area contributed by atoms with E-state index in [4.69, 9.17) is 10.5 Å². The minimum atomic E-state index is 0.414. The highest BCUT2D eigenvalue weighted by Gasteiger charge is 2.30. The summed E-state index contributed by atoms with van der Waals surface area (Å²) in [6.45, 7) is 3.07. The molecule has 2 unspecified atom stereocenters. The molecule has 1 saturated carbocycles. The number of ether oxygens (including phenoxy) is 1. The van der Waals surface area contributed by atoms with Gasteiger partial charge >= 0.3 is 0 Å². The Labute approximate surface area is 115 Å². The van der Waals surface area contributed by atoms with E-state index in [1.54, 1.807) is 0 Å². The molecule has 0 bridgehead atoms. The van der Waals surface area contributed by atoms with Gasteiger partial charge in [-0.15, -0.1) is 0 Å². The number of fused-ring (bicyclic) bond motifs is 1. The van der Waals surface area contributed by atoms with E-state index in [1.807, 2.05) is 6.07 Å². The molecule has 1 fully saturated rings. The van der Waals surface area contributed by atoms with Crippen molar-refractivity contribution in [2.45, 2.75) is 50.7 Å². The first-order valence-corrected chi connectivity index (χ1v) is 7.47. The van der Waals surface area contributed by atoms with E-state index in [9.17, 15) is 0 Å². The highest BCUT2D eigenvalue weighted by molar-refractivity contribution is 5.38. The van der Waals surface area contributed by atoms with Crippen LogP contribution in [-0.4, -0.2) is 18.7 Å². The third kappa shape index (κ3) is 2.77. The van der Waals surface area contributed by atoms with E-state index in [2.05, 4.69) is 30.4 Å². The van der Waals surface area contributed by atoms with Crippen molar-refractivity contribution >= 4 is 0 Å². The Bertz CT molecular complexity index is 427. The van der Waals surface area contributed by atoms with E-state index in [1.165, 1.54) is 18.4 Å². The lowest BCUT2D eigenvalue weighted by atomic mass is 9.87. The summed E-state index contributed by atoms with van der Waals surface area (Å²) >= 11 is 0. The topological polar surface area (TPSA) is 47.3 Å². The highest BCUT2D eigenvalue weighted by atomic mass is 16.5. The Kier molecular flexibility index (Phi) is 3.76. The molecule has 1 aromatic carbocycles. The van der Waals surface area contributed by atoms with Gasteiger partial charge in [-0.05, 0) is 31.7 Å². The van der Waals surface area contributed by atoms with Crippen molar-refractivity contribution in [3.8, 4) is 5.75 Å². The van der Waals surface area contributed by atoms with Crippen LogP contribution in [-0.2, 0) is 0 Å². The molecule has 3 nitrogen and oxygen atoms in total. The average molecular weight is 260 g/mol. The van der Waals surface area contributed by atoms with E-state index in [0.29, 0.717) is 24.0 Å². The zero-order valence-corrected chi connectivity index (χ0v) is 11.6. The molecule has 1 aliphatic carbocycles. The molecule has 3 rings (SSSR count). The van der Waals surface area contributed by atoms with Crippen LogP contribution in [0.1, 0.15) is 44.2 Å². The fraction of sp³-hybridized carbons (Fsp3) is 0.625. The molecule has 19 heavy (non-hydrogen) atoms. The summed E-state index contributed by atoms with van der Waals surface area (Å²) < 4.78 is 5.81. The van der Waals surface area contributed by atoms with Gasteiger partial charge < -0.3 is 15.8 Å². The Morgan fingerprint density at radius 2 is 1.89 bits per heavy atom. The number of para-hydroxylation sites is 1. The zero-order valence-electron chi connectivity index (χ0n) is 11.6. The van der Waals surface area contributed by atoms with Gasteiger partial charge in [0.25, 0.3) is 0 Å². The van der Waals surface area contributed by atoms with Gasteiger partial charge in [0.2, 0.25) is 0 Å². The number of nitrogens with one attached hydrogen (secondary N) is 1. The van der Waals surface area contributed by atoms with E-state index in [0.717, 1.165) is 25.2 Å². The van der Waals surface area contributed by atoms with Crippen molar-refractivity contribution in [1.82, 2.24) is 5.32 Å².